The molecule has 0 spiro atoms. The highest BCUT2D eigenvalue weighted by atomic mass is 16.4. The second-order valence-electron chi connectivity index (χ2n) is 10.5. The van der Waals surface area contributed by atoms with Crippen LogP contribution in [0.5, 0.6) is 0 Å². The van der Waals surface area contributed by atoms with Crippen molar-refractivity contribution in [1.82, 2.24) is 20.9 Å². The molecule has 0 saturated carbocycles. The maximum Gasteiger partial charge on any atom is 0.318 e. The van der Waals surface area contributed by atoms with Gasteiger partial charge in [0.1, 0.15) is 11.5 Å². The average molecular weight is 546 g/mol. The van der Waals surface area contributed by atoms with Gasteiger partial charge in [-0.1, -0.05) is 12.1 Å². The molecular weight excluding hydrogens is 510 g/mol. The summed E-state index contributed by atoms with van der Waals surface area (Å²) < 4.78 is 0. The lowest BCUT2D eigenvalue weighted by molar-refractivity contribution is -0.142. The number of nitriles is 1. The molecule has 3 amide bonds. The van der Waals surface area contributed by atoms with Crippen LogP contribution in [-0.2, 0) is 27.8 Å². The molecule has 40 heavy (non-hydrogen) atoms. The molecule has 1 heterocycles. The van der Waals surface area contributed by atoms with Crippen molar-refractivity contribution in [3.63, 3.8) is 0 Å². The van der Waals surface area contributed by atoms with E-state index in [2.05, 4.69) is 22.0 Å². The molecule has 10 nitrogen and oxygen atoms in total. The number of likely N-dealkylation sites (tertiary alicyclic amines) is 1. The van der Waals surface area contributed by atoms with Crippen molar-refractivity contribution in [1.29, 1.82) is 5.26 Å². The smallest absolute Gasteiger partial charge is 0.318 e. The molecule has 1 fully saturated rings. The minimum absolute atomic E-state index is 0.0139. The molecule has 4 N–H and O–H groups in total. The number of benzene rings is 2. The Kier molecular flexibility index (Phi) is 8.55. The predicted octanol–water partition coefficient (Wildman–Crippen LogP) is 1.76. The van der Waals surface area contributed by atoms with Crippen molar-refractivity contribution in [2.24, 2.45) is 0 Å². The topological polar surface area (TPSA) is 152 Å². The van der Waals surface area contributed by atoms with E-state index in [0.29, 0.717) is 48.1 Å². The van der Waals surface area contributed by atoms with Gasteiger partial charge in [0.2, 0.25) is 5.91 Å². The first kappa shape index (κ1) is 28.8. The Morgan fingerprint density at radius 1 is 1.02 bits per heavy atom. The molecule has 2 atom stereocenters. The number of hydrogen-bond acceptors (Lipinski definition) is 6. The first-order valence-electron chi connectivity index (χ1n) is 13.5. The summed E-state index contributed by atoms with van der Waals surface area (Å²) in [7, 11) is 3.09. The molecule has 10 heteroatoms. The average Bonchev–Trinajstić information content (AvgIpc) is 3.40. The van der Waals surface area contributed by atoms with Gasteiger partial charge in [-0.25, -0.2) is 0 Å². The lowest BCUT2D eigenvalue weighted by atomic mass is 9.68. The number of carbonyl (C=O) groups excluding carboxylic acids is 3. The summed E-state index contributed by atoms with van der Waals surface area (Å²) in [6.45, 7) is 2.36. The lowest BCUT2D eigenvalue weighted by Gasteiger charge is -2.35. The Morgan fingerprint density at radius 3 is 2.05 bits per heavy atom. The van der Waals surface area contributed by atoms with Crippen LogP contribution < -0.4 is 16.0 Å². The van der Waals surface area contributed by atoms with E-state index in [4.69, 9.17) is 0 Å². The highest BCUT2D eigenvalue weighted by molar-refractivity contribution is 5.96. The summed E-state index contributed by atoms with van der Waals surface area (Å²) in [4.78, 5) is 52.6. The Bertz CT molecular complexity index is 1310. The third-order valence-corrected chi connectivity index (χ3v) is 8.07. The number of nitrogens with one attached hydrogen (secondary N) is 3. The highest BCUT2D eigenvalue weighted by Gasteiger charge is 2.47. The van der Waals surface area contributed by atoms with Crippen LogP contribution in [0, 0.1) is 11.3 Å². The zero-order chi connectivity index (χ0) is 29.0. The van der Waals surface area contributed by atoms with Crippen molar-refractivity contribution in [3.05, 3.63) is 69.8 Å². The molecule has 1 aliphatic carbocycles. The van der Waals surface area contributed by atoms with E-state index >= 15 is 0 Å². The third-order valence-electron chi connectivity index (χ3n) is 8.07. The van der Waals surface area contributed by atoms with Crippen LogP contribution in [-0.4, -0.2) is 73.0 Å². The van der Waals surface area contributed by atoms with Gasteiger partial charge in [0, 0.05) is 37.8 Å². The van der Waals surface area contributed by atoms with Crippen LogP contribution >= 0.6 is 0 Å². The van der Waals surface area contributed by atoms with Crippen LogP contribution in [0.1, 0.15) is 69.2 Å². The molecule has 2 aliphatic rings. The van der Waals surface area contributed by atoms with Gasteiger partial charge in [-0.2, -0.15) is 5.26 Å². The van der Waals surface area contributed by atoms with Crippen LogP contribution in [0.25, 0.3) is 0 Å². The molecule has 0 radical (unpaired) electrons. The maximum absolute atomic E-state index is 13.4. The summed E-state index contributed by atoms with van der Waals surface area (Å²) in [5.41, 5.74) is 2.05. The normalized spacial score (nSPS) is 17.9. The molecule has 2 aromatic rings. The quantitative estimate of drug-likeness (QED) is 0.394. The highest BCUT2D eigenvalue weighted by Crippen LogP contribution is 2.44. The summed E-state index contributed by atoms with van der Waals surface area (Å²) in [5.74, 6) is -1.77. The van der Waals surface area contributed by atoms with Gasteiger partial charge in [-0.15, -0.1) is 0 Å². The SMILES string of the molecule is CNC(=O)c1ccc2c(c1)CCc1cc(C(=O)NC)ccc1C2(C[C@@H](C)NCC(=O)N1CCCC1C#N)C(=O)O. The third kappa shape index (κ3) is 5.29. The fourth-order valence-corrected chi connectivity index (χ4v) is 6.05. The molecule has 1 unspecified atom stereocenters. The number of aliphatic carboxylic acids is 1. The van der Waals surface area contributed by atoms with E-state index in [0.717, 1.165) is 17.5 Å². The van der Waals surface area contributed by atoms with Crippen molar-refractivity contribution in [2.75, 3.05) is 27.2 Å². The van der Waals surface area contributed by atoms with Crippen molar-refractivity contribution in [2.45, 2.75) is 56.5 Å². The zero-order valence-electron chi connectivity index (χ0n) is 23.0. The van der Waals surface area contributed by atoms with Gasteiger partial charge in [0.25, 0.3) is 11.8 Å². The first-order chi connectivity index (χ1) is 19.2. The molecule has 210 valence electrons. The standard InChI is InChI=1S/C30H35N5O5/c1-18(34-17-26(36)35-12-4-5-23(35)16-31)15-30(29(39)40)24-10-8-21(27(37)32-2)13-19(24)6-7-20-14-22(28(38)33-3)9-11-25(20)30/h8-11,13-14,18,23,34H,4-7,12,15,17H2,1-3H3,(H,32,37)(H,33,38)(H,39,40)/t18-,23?/m1/s1. The fraction of sp³-hybridized carbons (Fsp3) is 0.433. The van der Waals surface area contributed by atoms with Gasteiger partial charge in [-0.05, 0) is 85.5 Å². The number of carboxylic acid groups (broad SMARTS) is 1. The van der Waals surface area contributed by atoms with Crippen LogP contribution in [0.4, 0.5) is 0 Å². The largest absolute Gasteiger partial charge is 0.480 e. The van der Waals surface area contributed by atoms with Crippen LogP contribution in [0.15, 0.2) is 36.4 Å². The molecule has 4 rings (SSSR count). The van der Waals surface area contributed by atoms with Crippen LogP contribution in [0.3, 0.4) is 0 Å². The number of nitrogens with zero attached hydrogens (tertiary/aromatic N) is 2. The van der Waals surface area contributed by atoms with Crippen LogP contribution in [0.2, 0.25) is 0 Å². The van der Waals surface area contributed by atoms with Gasteiger partial charge < -0.3 is 26.0 Å². The number of aryl methyl sites for hydroxylation is 2. The number of carboxylic acids is 1. The molecule has 0 aromatic heterocycles. The number of carbonyl (C=O) groups is 4. The zero-order valence-corrected chi connectivity index (χ0v) is 23.0. The molecule has 0 bridgehead atoms. The molecule has 1 saturated heterocycles. The number of hydrogen-bond donors (Lipinski definition) is 4. The second kappa shape index (κ2) is 11.9. The minimum Gasteiger partial charge on any atom is -0.480 e. The van der Waals surface area contributed by atoms with E-state index in [9.17, 15) is 29.5 Å². The van der Waals surface area contributed by atoms with Gasteiger partial charge in [0.15, 0.2) is 0 Å². The monoisotopic (exact) mass is 545 g/mol. The minimum atomic E-state index is -1.50. The predicted molar refractivity (Wildman–Crippen MR) is 148 cm³/mol. The van der Waals surface area contributed by atoms with Crippen molar-refractivity contribution < 1.29 is 24.3 Å². The summed E-state index contributed by atoms with van der Waals surface area (Å²) in [6.07, 6.45) is 2.54. The second-order valence-corrected chi connectivity index (χ2v) is 10.5. The molecule has 2 aromatic carbocycles. The fourth-order valence-electron chi connectivity index (χ4n) is 6.05. The van der Waals surface area contributed by atoms with Crippen molar-refractivity contribution in [3.8, 4) is 6.07 Å². The number of fused-ring (bicyclic) bond motifs is 2. The van der Waals surface area contributed by atoms with Gasteiger partial charge >= 0.3 is 5.97 Å². The van der Waals surface area contributed by atoms with E-state index < -0.39 is 23.5 Å². The van der Waals surface area contributed by atoms with Gasteiger partial charge in [0.05, 0.1) is 12.6 Å². The summed E-state index contributed by atoms with van der Waals surface area (Å²) in [6, 6.07) is 11.5. The van der Waals surface area contributed by atoms with E-state index in [1.165, 1.54) is 0 Å². The lowest BCUT2D eigenvalue weighted by Crippen LogP contribution is -2.47. The van der Waals surface area contributed by atoms with Crippen molar-refractivity contribution >= 4 is 23.7 Å². The Labute approximate surface area is 233 Å². The summed E-state index contributed by atoms with van der Waals surface area (Å²) in [5, 5.41) is 28.7. The summed E-state index contributed by atoms with van der Waals surface area (Å²) >= 11 is 0. The molecule has 1 aliphatic heterocycles. The Morgan fingerprint density at radius 2 is 1.57 bits per heavy atom. The van der Waals surface area contributed by atoms with E-state index in [1.807, 2.05) is 6.92 Å². The number of rotatable bonds is 8. The Balaban J connectivity index is 1.75. The maximum atomic E-state index is 13.4. The number of amides is 3. The van der Waals surface area contributed by atoms with E-state index in [1.54, 1.807) is 55.4 Å². The Hall–Kier alpha value is -4.23. The van der Waals surface area contributed by atoms with E-state index in [-0.39, 0.29) is 30.7 Å². The van der Waals surface area contributed by atoms with Gasteiger partial charge in [-0.3, -0.25) is 19.2 Å². The molecular formula is C30H35N5O5. The first-order valence-corrected chi connectivity index (χ1v) is 13.5.